The van der Waals surface area contributed by atoms with E-state index in [0.29, 0.717) is 12.8 Å². The van der Waals surface area contributed by atoms with Crippen LogP contribution in [0.25, 0.3) is 0 Å². The molecule has 0 saturated carbocycles. The molecule has 0 radical (unpaired) electrons. The van der Waals surface area contributed by atoms with Crippen molar-refractivity contribution in [1.82, 2.24) is 0 Å². The molecule has 102 valence electrons. The number of hydrogen-bond donors (Lipinski definition) is 0. The molecule has 0 unspecified atom stereocenters. The molecule has 3 heteroatoms. The van der Waals surface area contributed by atoms with E-state index in [1.165, 1.54) is 26.4 Å². The fourth-order valence-electron chi connectivity index (χ4n) is 1.43. The van der Waals surface area contributed by atoms with Gasteiger partial charge in [0.05, 0.1) is 7.11 Å². The average molecular weight is 252 g/mol. The number of ether oxygens (including phenoxy) is 1. The molecule has 0 saturated heterocycles. The zero-order valence-corrected chi connectivity index (χ0v) is 11.5. The molecule has 0 aromatic carbocycles. The molecule has 0 N–H and O–H groups in total. The van der Waals surface area contributed by atoms with Crippen LogP contribution in [0.3, 0.4) is 0 Å². The Morgan fingerprint density at radius 2 is 1.72 bits per heavy atom. The van der Waals surface area contributed by atoms with Crippen molar-refractivity contribution in [3.05, 3.63) is 24.3 Å². The molecule has 0 fully saturated rings. The summed E-state index contributed by atoms with van der Waals surface area (Å²) < 4.78 is 4.42. The van der Waals surface area contributed by atoms with E-state index >= 15 is 0 Å². The third-order valence-corrected chi connectivity index (χ3v) is 2.52. The van der Waals surface area contributed by atoms with Crippen molar-refractivity contribution < 1.29 is 14.3 Å². The molecule has 0 aliphatic heterocycles. The highest BCUT2D eigenvalue weighted by Crippen LogP contribution is 2.01. The van der Waals surface area contributed by atoms with Crippen LogP contribution >= 0.6 is 0 Å². The Kier molecular flexibility index (Phi) is 11.2. The normalized spacial score (nSPS) is 11.2. The van der Waals surface area contributed by atoms with Crippen molar-refractivity contribution in [1.29, 1.82) is 0 Å². The summed E-state index contributed by atoms with van der Waals surface area (Å²) >= 11 is 0. The number of Topliss-reactive ketones (excluding diaryl/α,β-unsaturated/α-hetero) is 1. The third kappa shape index (κ3) is 11.1. The summed E-state index contributed by atoms with van der Waals surface area (Å²) in [6.45, 7) is 2.19. The first kappa shape index (κ1) is 16.6. The lowest BCUT2D eigenvalue weighted by molar-refractivity contribution is -0.143. The van der Waals surface area contributed by atoms with Crippen LogP contribution in [-0.4, -0.2) is 18.9 Å². The van der Waals surface area contributed by atoms with Crippen molar-refractivity contribution in [3.8, 4) is 0 Å². The molecule has 0 atom stereocenters. The van der Waals surface area contributed by atoms with E-state index in [1.54, 1.807) is 0 Å². The lowest BCUT2D eigenvalue weighted by Crippen LogP contribution is -2.08. The van der Waals surface area contributed by atoms with Gasteiger partial charge in [-0.1, -0.05) is 44.1 Å². The van der Waals surface area contributed by atoms with Gasteiger partial charge in [0.25, 0.3) is 0 Å². The maximum atomic E-state index is 11.3. The van der Waals surface area contributed by atoms with Gasteiger partial charge in [0, 0.05) is 6.42 Å². The lowest BCUT2D eigenvalue weighted by Gasteiger charge is -1.96. The topological polar surface area (TPSA) is 43.4 Å². The highest BCUT2D eigenvalue weighted by molar-refractivity contribution is 5.95. The van der Waals surface area contributed by atoms with Crippen LogP contribution < -0.4 is 0 Å². The van der Waals surface area contributed by atoms with Gasteiger partial charge >= 0.3 is 5.97 Å². The fraction of sp³-hybridized carbons (Fsp3) is 0.600. The molecular formula is C15H24O3. The van der Waals surface area contributed by atoms with E-state index in [0.717, 1.165) is 6.42 Å². The van der Waals surface area contributed by atoms with Crippen LogP contribution in [0.1, 0.15) is 51.9 Å². The molecule has 0 heterocycles. The number of methoxy groups -OCH3 is 1. The van der Waals surface area contributed by atoms with Gasteiger partial charge in [-0.15, -0.1) is 0 Å². The van der Waals surface area contributed by atoms with Crippen LogP contribution in [-0.2, 0) is 14.3 Å². The summed E-state index contributed by atoms with van der Waals surface area (Å²) in [6.07, 6.45) is 13.9. The van der Waals surface area contributed by atoms with Crippen molar-refractivity contribution in [2.24, 2.45) is 0 Å². The van der Waals surface area contributed by atoms with E-state index in [-0.39, 0.29) is 12.2 Å². The number of esters is 1. The molecule has 3 nitrogen and oxygen atoms in total. The minimum Gasteiger partial charge on any atom is -0.469 e. The van der Waals surface area contributed by atoms with Crippen molar-refractivity contribution in [2.75, 3.05) is 7.11 Å². The van der Waals surface area contributed by atoms with Crippen LogP contribution in [0.15, 0.2) is 24.3 Å². The van der Waals surface area contributed by atoms with Gasteiger partial charge in [-0.3, -0.25) is 9.59 Å². The van der Waals surface area contributed by atoms with E-state index in [4.69, 9.17) is 0 Å². The van der Waals surface area contributed by atoms with E-state index in [9.17, 15) is 9.59 Å². The number of hydrogen-bond acceptors (Lipinski definition) is 3. The summed E-state index contributed by atoms with van der Waals surface area (Å²) in [7, 11) is 1.29. The predicted molar refractivity (Wildman–Crippen MR) is 73.3 cm³/mol. The average Bonchev–Trinajstić information content (AvgIpc) is 2.36. The van der Waals surface area contributed by atoms with Gasteiger partial charge in [-0.2, -0.15) is 0 Å². The number of ketones is 1. The van der Waals surface area contributed by atoms with Crippen LogP contribution in [0.5, 0.6) is 0 Å². The molecule has 0 aliphatic carbocycles. The number of carbonyl (C=O) groups is 2. The van der Waals surface area contributed by atoms with E-state index < -0.39 is 5.97 Å². The van der Waals surface area contributed by atoms with Gasteiger partial charge in [0.1, 0.15) is 12.2 Å². The number of rotatable bonds is 10. The predicted octanol–water partition coefficient (Wildman–Crippen LogP) is 3.59. The zero-order valence-electron chi connectivity index (χ0n) is 11.5. The largest absolute Gasteiger partial charge is 0.469 e. The number of carbonyl (C=O) groups excluding carboxylic acids is 2. The highest BCUT2D eigenvalue weighted by Gasteiger charge is 2.07. The monoisotopic (exact) mass is 252 g/mol. The minimum absolute atomic E-state index is 0.0709. The molecule has 18 heavy (non-hydrogen) atoms. The van der Waals surface area contributed by atoms with Crippen molar-refractivity contribution in [3.63, 3.8) is 0 Å². The van der Waals surface area contributed by atoms with Crippen molar-refractivity contribution in [2.45, 2.75) is 51.9 Å². The minimum atomic E-state index is -0.459. The second-order valence-electron chi connectivity index (χ2n) is 4.18. The van der Waals surface area contributed by atoms with Gasteiger partial charge in [0.15, 0.2) is 0 Å². The molecule has 0 amide bonds. The Morgan fingerprint density at radius 3 is 2.33 bits per heavy atom. The SMILES string of the molecule is CCCCC/C=C/C=C/CCC(=O)CC(=O)OC. The summed E-state index contributed by atoms with van der Waals surface area (Å²) in [5.74, 6) is -0.529. The second kappa shape index (κ2) is 12.1. The smallest absolute Gasteiger partial charge is 0.313 e. The molecule has 0 aromatic rings. The van der Waals surface area contributed by atoms with Crippen molar-refractivity contribution >= 4 is 11.8 Å². The van der Waals surface area contributed by atoms with Crippen LogP contribution in [0.4, 0.5) is 0 Å². The molecule has 0 spiro atoms. The van der Waals surface area contributed by atoms with E-state index in [2.05, 4.69) is 17.7 Å². The van der Waals surface area contributed by atoms with Gasteiger partial charge < -0.3 is 4.74 Å². The number of unbranched alkanes of at least 4 members (excludes halogenated alkanes) is 3. The zero-order chi connectivity index (χ0) is 13.6. The van der Waals surface area contributed by atoms with Gasteiger partial charge in [-0.25, -0.2) is 0 Å². The lowest BCUT2D eigenvalue weighted by atomic mass is 10.1. The van der Waals surface area contributed by atoms with Crippen LogP contribution in [0, 0.1) is 0 Å². The molecular weight excluding hydrogens is 228 g/mol. The standard InChI is InChI=1S/C15H24O3/c1-3-4-5-6-7-8-9-10-11-12-14(16)13-15(17)18-2/h7-10H,3-6,11-13H2,1-2H3/b8-7+,10-9+. The van der Waals surface area contributed by atoms with Gasteiger partial charge in [0.2, 0.25) is 0 Å². The van der Waals surface area contributed by atoms with Gasteiger partial charge in [-0.05, 0) is 19.3 Å². The Hall–Kier alpha value is -1.38. The maximum Gasteiger partial charge on any atom is 0.313 e. The summed E-state index contributed by atoms with van der Waals surface area (Å²) in [4.78, 5) is 22.1. The summed E-state index contributed by atoms with van der Waals surface area (Å²) in [6, 6.07) is 0. The fourth-order valence-corrected chi connectivity index (χ4v) is 1.43. The quantitative estimate of drug-likeness (QED) is 0.258. The Labute approximate surface area is 110 Å². The first-order valence-corrected chi connectivity index (χ1v) is 6.60. The summed E-state index contributed by atoms with van der Waals surface area (Å²) in [5, 5.41) is 0. The Bertz CT molecular complexity index is 290. The van der Waals surface area contributed by atoms with Crippen LogP contribution in [0.2, 0.25) is 0 Å². The second-order valence-corrected chi connectivity index (χ2v) is 4.18. The Morgan fingerprint density at radius 1 is 1.06 bits per heavy atom. The molecule has 0 aromatic heterocycles. The molecule has 0 aliphatic rings. The molecule has 0 rings (SSSR count). The Balaban J connectivity index is 3.52. The highest BCUT2D eigenvalue weighted by atomic mass is 16.5. The third-order valence-electron chi connectivity index (χ3n) is 2.52. The summed E-state index contributed by atoms with van der Waals surface area (Å²) in [5.41, 5.74) is 0. The number of allylic oxidation sites excluding steroid dienone is 4. The molecule has 0 bridgehead atoms. The first-order valence-electron chi connectivity index (χ1n) is 6.60. The van der Waals surface area contributed by atoms with E-state index in [1.807, 2.05) is 18.2 Å². The first-order chi connectivity index (χ1) is 8.70. The maximum absolute atomic E-state index is 11.3.